The molecule has 0 spiro atoms. The van der Waals surface area contributed by atoms with Crippen molar-refractivity contribution < 1.29 is 18.3 Å². The summed E-state index contributed by atoms with van der Waals surface area (Å²) in [6, 6.07) is 8.70. The number of allylic oxidation sites excluding steroid dienone is 3. The van der Waals surface area contributed by atoms with E-state index in [1.807, 2.05) is 25.1 Å². The molecule has 3 rings (SSSR count). The van der Waals surface area contributed by atoms with Crippen molar-refractivity contribution in [3.8, 4) is 5.75 Å². The van der Waals surface area contributed by atoms with Crippen LogP contribution in [-0.4, -0.2) is 27.3 Å². The van der Waals surface area contributed by atoms with Gasteiger partial charge < -0.3 is 10.1 Å². The highest BCUT2D eigenvalue weighted by Gasteiger charge is 2.27. The molecule has 8 heteroatoms. The fraction of sp³-hybridized carbons (Fsp3) is 0.240. The van der Waals surface area contributed by atoms with E-state index < -0.39 is 6.11 Å². The summed E-state index contributed by atoms with van der Waals surface area (Å²) >= 11 is 0. The maximum atomic E-state index is 13.0. The van der Waals surface area contributed by atoms with Gasteiger partial charge in [-0.3, -0.25) is 14.7 Å². The molecule has 1 aromatic heterocycles. The second-order valence-electron chi connectivity index (χ2n) is 7.85. The Bertz CT molecular complexity index is 1140. The van der Waals surface area contributed by atoms with Crippen molar-refractivity contribution in [3.05, 3.63) is 88.9 Å². The number of fused-ring (bicyclic) bond motifs is 1. The Morgan fingerprint density at radius 2 is 2.03 bits per heavy atom. The summed E-state index contributed by atoms with van der Waals surface area (Å²) < 4.78 is 30.6. The first-order valence-corrected chi connectivity index (χ1v) is 10.8. The Hall–Kier alpha value is -3.15. The van der Waals surface area contributed by atoms with Gasteiger partial charge in [-0.2, -0.15) is 8.78 Å². The highest BCUT2D eigenvalue weighted by atomic mass is 31.0. The summed E-state index contributed by atoms with van der Waals surface area (Å²) in [5.74, 6) is -0.0350. The highest BCUT2D eigenvalue weighted by molar-refractivity contribution is 7.22. The summed E-state index contributed by atoms with van der Waals surface area (Å²) in [6.07, 6.45) is 4.03. The summed E-state index contributed by atoms with van der Waals surface area (Å²) in [5, 5.41) is 2.60. The summed E-state index contributed by atoms with van der Waals surface area (Å²) in [5.41, 5.74) is 6.36. The van der Waals surface area contributed by atoms with Crippen molar-refractivity contribution in [1.82, 2.24) is 15.2 Å². The van der Waals surface area contributed by atoms with Crippen LogP contribution in [0.2, 0.25) is 0 Å². The molecule has 0 bridgehead atoms. The lowest BCUT2D eigenvalue weighted by Crippen LogP contribution is -2.22. The van der Waals surface area contributed by atoms with Crippen molar-refractivity contribution >= 4 is 26.3 Å². The number of alkyl halides is 2. The smallest absolute Gasteiger partial charge is 0.394 e. The molecule has 0 atom stereocenters. The largest absolute Gasteiger partial charge is 0.433 e. The van der Waals surface area contributed by atoms with Gasteiger partial charge in [0.2, 0.25) is 5.91 Å². The van der Waals surface area contributed by atoms with Crippen LogP contribution in [0.4, 0.5) is 8.78 Å². The number of amides is 1. The number of halogens is 2. The Morgan fingerprint density at radius 1 is 1.33 bits per heavy atom. The number of pyridine rings is 1. The molecule has 1 aliphatic rings. The van der Waals surface area contributed by atoms with Gasteiger partial charge in [-0.05, 0) is 48.4 Å². The van der Waals surface area contributed by atoms with Gasteiger partial charge in [-0.15, -0.1) is 8.86 Å². The molecule has 1 amide bonds. The predicted molar refractivity (Wildman–Crippen MR) is 129 cm³/mol. The fourth-order valence-corrected chi connectivity index (χ4v) is 4.06. The molecule has 0 saturated heterocycles. The number of hydrogen-bond acceptors (Lipinski definition) is 3. The number of carbonyl (C=O) groups excluding carboxylic acids is 1. The van der Waals surface area contributed by atoms with Gasteiger partial charge in [0.05, 0.1) is 5.69 Å². The number of ether oxygens (including phenoxy) is 1. The van der Waals surface area contributed by atoms with E-state index in [0.29, 0.717) is 25.7 Å². The van der Waals surface area contributed by atoms with Crippen LogP contribution in [-0.2, 0) is 17.9 Å². The van der Waals surface area contributed by atoms with Gasteiger partial charge in [0, 0.05) is 49.3 Å². The molecule has 0 radical (unpaired) electrons. The first kappa shape index (κ1) is 24.5. The number of benzene rings is 1. The van der Waals surface area contributed by atoms with Gasteiger partial charge in [-0.25, -0.2) is 0 Å². The molecular formula is C25H26F2N3O2P. The normalized spacial score (nSPS) is 14.2. The molecule has 0 aliphatic carbocycles. The lowest BCUT2D eigenvalue weighted by molar-refractivity contribution is -0.158. The Balaban J connectivity index is 1.67. The second-order valence-corrected chi connectivity index (χ2v) is 8.32. The highest BCUT2D eigenvalue weighted by Crippen LogP contribution is 2.29. The van der Waals surface area contributed by atoms with Crippen LogP contribution < -0.4 is 10.1 Å². The Labute approximate surface area is 194 Å². The second kappa shape index (κ2) is 10.2. The minimum atomic E-state index is -3.21. The minimum absolute atomic E-state index is 0.129. The summed E-state index contributed by atoms with van der Waals surface area (Å²) in [4.78, 5) is 17.8. The van der Waals surface area contributed by atoms with Crippen molar-refractivity contribution in [2.24, 2.45) is 0 Å². The quantitative estimate of drug-likeness (QED) is 0.425. The van der Waals surface area contributed by atoms with Crippen LogP contribution in [0.15, 0.2) is 60.8 Å². The van der Waals surface area contributed by atoms with Crippen LogP contribution in [0, 0.1) is 6.92 Å². The topological polar surface area (TPSA) is 54.5 Å². The van der Waals surface area contributed by atoms with E-state index in [0.717, 1.165) is 33.5 Å². The van der Waals surface area contributed by atoms with Gasteiger partial charge >= 0.3 is 6.11 Å². The van der Waals surface area contributed by atoms with Crippen LogP contribution >= 0.6 is 8.86 Å². The average Bonchev–Trinajstić information content (AvgIpc) is 3.01. The third-order valence-electron chi connectivity index (χ3n) is 4.82. The fourth-order valence-electron chi connectivity index (χ4n) is 3.56. The Kier molecular flexibility index (Phi) is 7.57. The number of hydrogen-bond donors (Lipinski definition) is 1. The van der Waals surface area contributed by atoms with Crippen molar-refractivity contribution in [2.45, 2.75) is 40.0 Å². The molecular weight excluding hydrogens is 443 g/mol. The van der Waals surface area contributed by atoms with Crippen molar-refractivity contribution in [1.29, 1.82) is 0 Å². The first-order valence-electron chi connectivity index (χ1n) is 10.3. The summed E-state index contributed by atoms with van der Waals surface area (Å²) in [6.45, 7) is 9.16. The maximum absolute atomic E-state index is 13.0. The lowest BCUT2D eigenvalue weighted by Gasteiger charge is -2.17. The molecule has 33 heavy (non-hydrogen) atoms. The zero-order chi connectivity index (χ0) is 24.2. The average molecular weight is 469 g/mol. The van der Waals surface area contributed by atoms with Crippen LogP contribution in [0.1, 0.15) is 41.9 Å². The lowest BCUT2D eigenvalue weighted by atomic mass is 10.1. The van der Waals surface area contributed by atoms with Crippen molar-refractivity contribution in [3.63, 3.8) is 0 Å². The zero-order valence-electron chi connectivity index (χ0n) is 18.8. The van der Waals surface area contributed by atoms with E-state index in [9.17, 15) is 13.6 Å². The van der Waals surface area contributed by atoms with E-state index in [4.69, 9.17) is 0 Å². The monoisotopic (exact) mass is 469 g/mol. The predicted octanol–water partition coefficient (Wildman–Crippen LogP) is 5.24. The Morgan fingerprint density at radius 3 is 2.67 bits per heavy atom. The SMILES string of the molecule is C=C(/C=C\C=C\c1cc2c(c(C)n1)C(=P)N(Cc1ccc(OC(C)(F)F)cc1)C2)NC(C)=O. The number of aromatic nitrogens is 1. The van der Waals surface area contributed by atoms with E-state index in [-0.39, 0.29) is 11.7 Å². The summed E-state index contributed by atoms with van der Waals surface area (Å²) in [7, 11) is 3.76. The molecule has 0 fully saturated rings. The number of rotatable bonds is 8. The van der Waals surface area contributed by atoms with Gasteiger partial charge in [0.25, 0.3) is 0 Å². The van der Waals surface area contributed by atoms with E-state index in [1.54, 1.807) is 36.4 Å². The van der Waals surface area contributed by atoms with Crippen LogP contribution in [0.25, 0.3) is 6.08 Å². The third-order valence-corrected chi connectivity index (χ3v) is 5.39. The molecule has 1 aromatic carbocycles. The molecule has 1 aliphatic heterocycles. The van der Waals surface area contributed by atoms with Gasteiger partial charge in [0.1, 0.15) is 5.75 Å². The maximum Gasteiger partial charge on any atom is 0.394 e. The number of carbonyl (C=O) groups is 1. The van der Waals surface area contributed by atoms with Crippen LogP contribution in [0.3, 0.4) is 0 Å². The number of nitrogens with one attached hydrogen (secondary N) is 1. The molecule has 172 valence electrons. The molecule has 5 nitrogen and oxygen atoms in total. The molecule has 0 saturated carbocycles. The van der Waals surface area contributed by atoms with E-state index >= 15 is 0 Å². The first-order chi connectivity index (χ1) is 15.5. The standard InChI is InChI=1S/C25H26F2N3O2P/c1-16(28-18(3)31)7-5-6-8-21-13-20-15-30(24(33)23(20)17(2)29-21)14-19-9-11-22(12-10-19)32-25(4,26)27/h5-13,33H,1,14-15H2,2-4H3,(H,28,31)/b7-5-,8-6+. The molecule has 0 unspecified atom stereocenters. The van der Waals surface area contributed by atoms with Crippen LogP contribution in [0.5, 0.6) is 5.75 Å². The molecule has 2 aromatic rings. The van der Waals surface area contributed by atoms with E-state index in [1.165, 1.54) is 6.92 Å². The zero-order valence-corrected chi connectivity index (χ0v) is 19.8. The van der Waals surface area contributed by atoms with Gasteiger partial charge in [0.15, 0.2) is 0 Å². The van der Waals surface area contributed by atoms with E-state index in [2.05, 4.69) is 35.4 Å². The molecule has 2 heterocycles. The third kappa shape index (κ3) is 6.91. The number of aryl methyl sites for hydroxylation is 1. The molecule has 1 N–H and O–H groups in total. The van der Waals surface area contributed by atoms with Gasteiger partial charge in [-0.1, -0.05) is 30.9 Å². The number of nitrogens with zero attached hydrogens (tertiary/aromatic N) is 2. The van der Waals surface area contributed by atoms with Crippen molar-refractivity contribution in [2.75, 3.05) is 0 Å². The minimum Gasteiger partial charge on any atom is -0.433 e.